The van der Waals surface area contributed by atoms with Crippen LogP contribution in [0.2, 0.25) is 5.02 Å². The molecule has 2 aliphatic rings. The van der Waals surface area contributed by atoms with Crippen molar-refractivity contribution >= 4 is 23.3 Å². The second-order valence-corrected chi connectivity index (χ2v) is 10.5. The Labute approximate surface area is 231 Å². The molecule has 3 heterocycles. The van der Waals surface area contributed by atoms with Gasteiger partial charge in [0, 0.05) is 51.5 Å². The molecule has 2 aliphatic heterocycles. The van der Waals surface area contributed by atoms with Gasteiger partial charge in [-0.2, -0.15) is 0 Å². The molecule has 1 amide bonds. The molecule has 0 spiro atoms. The lowest BCUT2D eigenvalue weighted by Gasteiger charge is -2.43. The number of aromatic nitrogens is 1. The number of benzene rings is 2. The van der Waals surface area contributed by atoms with Crippen LogP contribution in [0.3, 0.4) is 0 Å². The Morgan fingerprint density at radius 1 is 0.923 bits per heavy atom. The van der Waals surface area contributed by atoms with Crippen LogP contribution >= 0.6 is 11.6 Å². The lowest BCUT2D eigenvalue weighted by molar-refractivity contribution is 0.0950. The topological polar surface area (TPSA) is 51.7 Å². The summed E-state index contributed by atoms with van der Waals surface area (Å²) in [4.78, 5) is 24.0. The van der Waals surface area contributed by atoms with Gasteiger partial charge in [-0.1, -0.05) is 29.8 Å². The summed E-state index contributed by atoms with van der Waals surface area (Å²) in [6.45, 7) is 6.02. The molecule has 0 aliphatic carbocycles. The van der Waals surface area contributed by atoms with Crippen LogP contribution in [0, 0.1) is 17.5 Å². The monoisotopic (exact) mass is 557 g/mol. The molecule has 0 atom stereocenters. The number of nitrogens with one attached hydrogen (secondary N) is 1. The van der Waals surface area contributed by atoms with Crippen LogP contribution in [0.1, 0.15) is 34.3 Å². The fourth-order valence-electron chi connectivity index (χ4n) is 5.36. The highest BCUT2D eigenvalue weighted by atomic mass is 35.5. The number of nitrogens with zero attached hydrogens (tertiary/aromatic N) is 4. The first-order valence-electron chi connectivity index (χ1n) is 13.2. The van der Waals surface area contributed by atoms with Gasteiger partial charge in [0.2, 0.25) is 0 Å². The van der Waals surface area contributed by atoms with Crippen molar-refractivity contribution in [1.29, 1.82) is 0 Å². The minimum Gasteiger partial charge on any atom is -0.353 e. The number of rotatable bonds is 7. The number of piperidine rings is 1. The first kappa shape index (κ1) is 27.4. The summed E-state index contributed by atoms with van der Waals surface area (Å²) in [7, 11) is 0. The average Bonchev–Trinajstić information content (AvgIpc) is 2.94. The van der Waals surface area contributed by atoms with Crippen molar-refractivity contribution in [2.24, 2.45) is 0 Å². The highest BCUT2D eigenvalue weighted by molar-refractivity contribution is 6.33. The lowest BCUT2D eigenvalue weighted by Crippen LogP contribution is -2.53. The summed E-state index contributed by atoms with van der Waals surface area (Å²) >= 11 is 6.53. The molecule has 2 fully saturated rings. The Kier molecular flexibility index (Phi) is 8.69. The highest BCUT2D eigenvalue weighted by Gasteiger charge is 2.28. The zero-order valence-corrected chi connectivity index (χ0v) is 22.3. The molecule has 2 saturated heterocycles. The molecule has 0 saturated carbocycles. The number of hydrogen-bond acceptors (Lipinski definition) is 5. The van der Waals surface area contributed by atoms with E-state index < -0.39 is 11.6 Å². The summed E-state index contributed by atoms with van der Waals surface area (Å²) in [5, 5.41) is 3.20. The Balaban J connectivity index is 1.08. The van der Waals surface area contributed by atoms with E-state index >= 15 is 0 Å². The van der Waals surface area contributed by atoms with E-state index in [1.807, 2.05) is 0 Å². The van der Waals surface area contributed by atoms with E-state index in [9.17, 15) is 18.0 Å². The van der Waals surface area contributed by atoms with E-state index in [1.165, 1.54) is 30.5 Å². The number of anilines is 1. The molecule has 0 unspecified atom stereocenters. The number of likely N-dealkylation sites (tertiary alicyclic amines) is 1. The molecule has 5 rings (SSSR count). The van der Waals surface area contributed by atoms with Gasteiger partial charge in [-0.3, -0.25) is 14.6 Å². The molecule has 1 N–H and O–H groups in total. The van der Waals surface area contributed by atoms with Gasteiger partial charge in [0.05, 0.1) is 10.6 Å². The Bertz CT molecular complexity index is 1310. The second-order valence-electron chi connectivity index (χ2n) is 10.1. The summed E-state index contributed by atoms with van der Waals surface area (Å²) in [5.74, 6) is -1.61. The normalized spacial score (nSPS) is 17.4. The smallest absolute Gasteiger partial charge is 0.253 e. The molecule has 6 nitrogen and oxygen atoms in total. The van der Waals surface area contributed by atoms with Crippen molar-refractivity contribution in [3.8, 4) is 0 Å². The molecule has 39 heavy (non-hydrogen) atoms. The predicted octanol–water partition coefficient (Wildman–Crippen LogP) is 4.87. The number of hydrogen-bond donors (Lipinski definition) is 1. The molecule has 206 valence electrons. The van der Waals surface area contributed by atoms with Crippen LogP contribution < -0.4 is 10.2 Å². The third-order valence-corrected chi connectivity index (χ3v) is 7.78. The van der Waals surface area contributed by atoms with E-state index in [4.69, 9.17) is 11.6 Å². The summed E-state index contributed by atoms with van der Waals surface area (Å²) in [6, 6.07) is 12.3. The highest BCUT2D eigenvalue weighted by Crippen LogP contribution is 2.27. The third-order valence-electron chi connectivity index (χ3n) is 7.50. The maximum Gasteiger partial charge on any atom is 0.253 e. The van der Waals surface area contributed by atoms with Gasteiger partial charge in [-0.05, 0) is 67.4 Å². The fourth-order valence-corrected chi connectivity index (χ4v) is 5.64. The molecule has 3 aromatic rings. The number of piperazine rings is 1. The Morgan fingerprint density at radius 3 is 2.38 bits per heavy atom. The second kappa shape index (κ2) is 12.4. The zero-order chi connectivity index (χ0) is 27.4. The minimum absolute atomic E-state index is 0.210. The minimum atomic E-state index is -0.813. The quantitative estimate of drug-likeness (QED) is 0.449. The van der Waals surface area contributed by atoms with Crippen LogP contribution in [-0.2, 0) is 13.1 Å². The summed E-state index contributed by atoms with van der Waals surface area (Å²) < 4.78 is 40.1. The van der Waals surface area contributed by atoms with Gasteiger partial charge in [0.25, 0.3) is 5.91 Å². The van der Waals surface area contributed by atoms with E-state index in [2.05, 4.69) is 25.0 Å². The van der Waals surface area contributed by atoms with E-state index in [-0.39, 0.29) is 18.3 Å². The van der Waals surface area contributed by atoms with Crippen molar-refractivity contribution in [1.82, 2.24) is 20.1 Å². The zero-order valence-electron chi connectivity index (χ0n) is 21.6. The van der Waals surface area contributed by atoms with Crippen LogP contribution in [-0.4, -0.2) is 66.0 Å². The SMILES string of the molecule is O=C(NCc1cccc(F)c1)c1cnc(N2CCN(C3CCN(Cc4ccc(F)c(F)c4)CC3)CC2)c(Cl)c1. The fraction of sp³-hybridized carbons (Fsp3) is 0.379. The number of carbonyl (C=O) groups excluding carboxylic acids is 1. The molecular weight excluding hydrogens is 527 g/mol. The van der Waals surface area contributed by atoms with Crippen LogP contribution in [0.25, 0.3) is 0 Å². The molecule has 2 aromatic carbocycles. The van der Waals surface area contributed by atoms with Gasteiger partial charge >= 0.3 is 0 Å². The average molecular weight is 558 g/mol. The number of pyridine rings is 1. The molecule has 1 aromatic heterocycles. The molecule has 0 bridgehead atoms. The van der Waals surface area contributed by atoms with Crippen molar-refractivity contribution in [3.63, 3.8) is 0 Å². The van der Waals surface area contributed by atoms with Gasteiger partial charge in [0.1, 0.15) is 11.6 Å². The third kappa shape index (κ3) is 6.90. The van der Waals surface area contributed by atoms with Gasteiger partial charge in [0.15, 0.2) is 11.6 Å². The summed E-state index contributed by atoms with van der Waals surface area (Å²) in [6.07, 6.45) is 3.58. The predicted molar refractivity (Wildman–Crippen MR) is 145 cm³/mol. The number of halogens is 4. The van der Waals surface area contributed by atoms with Gasteiger partial charge in [-0.15, -0.1) is 0 Å². The summed E-state index contributed by atoms with van der Waals surface area (Å²) in [5.41, 5.74) is 1.82. The first-order valence-corrected chi connectivity index (χ1v) is 13.6. The number of carbonyl (C=O) groups is 1. The maximum absolute atomic E-state index is 13.5. The first-order chi connectivity index (χ1) is 18.9. The van der Waals surface area contributed by atoms with Gasteiger partial charge in [-0.25, -0.2) is 18.2 Å². The lowest BCUT2D eigenvalue weighted by atomic mass is 10.0. The molecule has 0 radical (unpaired) electrons. The largest absolute Gasteiger partial charge is 0.353 e. The molecular formula is C29H31ClF3N5O. The standard InChI is InChI=1S/C29H31ClF3N5O/c30-25-16-22(29(39)35-17-20-2-1-3-23(31)14-20)18-34-28(25)38-12-10-37(11-13-38)24-6-8-36(9-7-24)19-21-4-5-26(32)27(33)15-21/h1-5,14-16,18,24H,6-13,17,19H2,(H,35,39). The van der Waals surface area contributed by atoms with Crippen LogP contribution in [0.5, 0.6) is 0 Å². The van der Waals surface area contributed by atoms with Gasteiger partial charge < -0.3 is 10.2 Å². The van der Waals surface area contributed by atoms with Crippen LogP contribution in [0.15, 0.2) is 54.7 Å². The van der Waals surface area contributed by atoms with Crippen molar-refractivity contribution < 1.29 is 18.0 Å². The van der Waals surface area contributed by atoms with E-state index in [0.29, 0.717) is 34.6 Å². The molecule has 10 heteroatoms. The number of amides is 1. The Morgan fingerprint density at radius 2 is 1.69 bits per heavy atom. The van der Waals surface area contributed by atoms with Crippen LogP contribution in [0.4, 0.5) is 19.0 Å². The van der Waals surface area contributed by atoms with Crippen molar-refractivity contribution in [3.05, 3.63) is 93.9 Å². The van der Waals surface area contributed by atoms with E-state index in [0.717, 1.165) is 57.7 Å². The maximum atomic E-state index is 13.5. The van der Waals surface area contributed by atoms with Crippen molar-refractivity contribution in [2.45, 2.75) is 32.0 Å². The van der Waals surface area contributed by atoms with Crippen molar-refractivity contribution in [2.75, 3.05) is 44.2 Å². The Hall–Kier alpha value is -3.14. The van der Waals surface area contributed by atoms with E-state index in [1.54, 1.807) is 24.3 Å².